The lowest BCUT2D eigenvalue weighted by Gasteiger charge is -2.38. The van der Waals surface area contributed by atoms with E-state index < -0.39 is 0 Å². The molecule has 1 aliphatic heterocycles. The predicted molar refractivity (Wildman–Crippen MR) is 130 cm³/mol. The van der Waals surface area contributed by atoms with E-state index in [2.05, 4.69) is 75.3 Å². The van der Waals surface area contributed by atoms with Gasteiger partial charge in [-0.2, -0.15) is 0 Å². The van der Waals surface area contributed by atoms with Crippen molar-refractivity contribution in [1.29, 1.82) is 0 Å². The molecule has 1 saturated heterocycles. The van der Waals surface area contributed by atoms with Crippen LogP contribution in [-0.4, -0.2) is 41.5 Å². The van der Waals surface area contributed by atoms with E-state index in [1.807, 2.05) is 25.2 Å². The molecule has 31 heavy (non-hydrogen) atoms. The second-order valence-electron chi connectivity index (χ2n) is 8.11. The molecule has 0 radical (unpaired) electrons. The summed E-state index contributed by atoms with van der Waals surface area (Å²) in [6, 6.07) is 22.0. The zero-order valence-electron chi connectivity index (χ0n) is 18.3. The third-order valence-electron chi connectivity index (χ3n) is 5.82. The number of nitrogens with zero attached hydrogens (tertiary/aromatic N) is 3. The summed E-state index contributed by atoms with van der Waals surface area (Å²) in [6.45, 7) is 5.12. The molecule has 162 valence electrons. The third-order valence-corrected chi connectivity index (χ3v) is 6.76. The van der Waals surface area contributed by atoms with E-state index >= 15 is 0 Å². The van der Waals surface area contributed by atoms with Crippen LogP contribution in [0.4, 0.5) is 0 Å². The number of hydrogen-bond acceptors (Lipinski definition) is 4. The van der Waals surface area contributed by atoms with E-state index in [0.717, 1.165) is 48.2 Å². The summed E-state index contributed by atoms with van der Waals surface area (Å²) < 4.78 is 0. The SMILES string of the molecule is CN=C(NCc1csc(-c2ccccc2)n1)NC1CCN(Cc2ccccc2)C(C)C1. The van der Waals surface area contributed by atoms with Crippen LogP contribution in [0, 0.1) is 0 Å². The first kappa shape index (κ1) is 21.5. The number of likely N-dealkylation sites (tertiary alicyclic amines) is 1. The second-order valence-corrected chi connectivity index (χ2v) is 8.96. The standard InChI is InChI=1S/C25H31N5S/c1-19-15-22(13-14-30(19)17-20-9-5-3-6-10-20)29-25(26-2)27-16-23-18-31-24(28-23)21-11-7-4-8-12-21/h3-12,18-19,22H,13-17H2,1-2H3,(H2,26,27,29). The van der Waals surface area contributed by atoms with Gasteiger partial charge >= 0.3 is 0 Å². The Kier molecular flexibility index (Phi) is 7.33. The summed E-state index contributed by atoms with van der Waals surface area (Å²) in [5.74, 6) is 0.850. The van der Waals surface area contributed by atoms with Crippen LogP contribution in [0.1, 0.15) is 31.0 Å². The number of benzene rings is 2. The molecule has 1 fully saturated rings. The van der Waals surface area contributed by atoms with E-state index in [1.54, 1.807) is 11.3 Å². The normalized spacial score (nSPS) is 19.9. The van der Waals surface area contributed by atoms with E-state index in [-0.39, 0.29) is 0 Å². The smallest absolute Gasteiger partial charge is 0.191 e. The molecule has 0 saturated carbocycles. The van der Waals surface area contributed by atoms with Crippen LogP contribution >= 0.6 is 11.3 Å². The van der Waals surface area contributed by atoms with Crippen molar-refractivity contribution in [1.82, 2.24) is 20.5 Å². The predicted octanol–water partition coefficient (Wildman–Crippen LogP) is 4.53. The van der Waals surface area contributed by atoms with Crippen LogP contribution in [-0.2, 0) is 13.1 Å². The van der Waals surface area contributed by atoms with Gasteiger partial charge in [-0.1, -0.05) is 60.7 Å². The van der Waals surface area contributed by atoms with Crippen molar-refractivity contribution in [3.05, 3.63) is 77.3 Å². The molecular formula is C25H31N5S. The molecule has 6 heteroatoms. The van der Waals surface area contributed by atoms with E-state index in [0.29, 0.717) is 18.6 Å². The first-order chi connectivity index (χ1) is 15.2. The van der Waals surface area contributed by atoms with Gasteiger partial charge in [-0.3, -0.25) is 9.89 Å². The van der Waals surface area contributed by atoms with Gasteiger partial charge in [-0.05, 0) is 25.3 Å². The van der Waals surface area contributed by atoms with Gasteiger partial charge in [-0.25, -0.2) is 4.98 Å². The Labute approximate surface area is 189 Å². The maximum absolute atomic E-state index is 4.76. The molecule has 3 aromatic rings. The van der Waals surface area contributed by atoms with Crippen molar-refractivity contribution in [3.8, 4) is 10.6 Å². The van der Waals surface area contributed by atoms with Crippen LogP contribution in [0.5, 0.6) is 0 Å². The average molecular weight is 434 g/mol. The Balaban J connectivity index is 1.26. The Morgan fingerprint density at radius 1 is 1.13 bits per heavy atom. The van der Waals surface area contributed by atoms with E-state index in [4.69, 9.17) is 4.98 Å². The Morgan fingerprint density at radius 2 is 1.87 bits per heavy atom. The summed E-state index contributed by atoms with van der Waals surface area (Å²) in [6.07, 6.45) is 2.23. The highest BCUT2D eigenvalue weighted by Gasteiger charge is 2.26. The number of aliphatic imine (C=N–C) groups is 1. The minimum atomic E-state index is 0.434. The number of rotatable bonds is 6. The Hall–Kier alpha value is -2.70. The number of guanidine groups is 1. The van der Waals surface area contributed by atoms with Gasteiger partial charge in [-0.15, -0.1) is 11.3 Å². The highest BCUT2D eigenvalue weighted by molar-refractivity contribution is 7.13. The molecule has 2 N–H and O–H groups in total. The van der Waals surface area contributed by atoms with Gasteiger partial charge in [0.05, 0.1) is 12.2 Å². The second kappa shape index (κ2) is 10.6. The lowest BCUT2D eigenvalue weighted by molar-refractivity contribution is 0.134. The maximum Gasteiger partial charge on any atom is 0.191 e. The zero-order valence-corrected chi connectivity index (χ0v) is 19.1. The number of thiazole rings is 1. The summed E-state index contributed by atoms with van der Waals surface area (Å²) in [5.41, 5.74) is 3.59. The highest BCUT2D eigenvalue weighted by Crippen LogP contribution is 2.23. The molecule has 4 rings (SSSR count). The van der Waals surface area contributed by atoms with Crippen LogP contribution in [0.25, 0.3) is 10.6 Å². The monoisotopic (exact) mass is 433 g/mol. The zero-order chi connectivity index (χ0) is 21.5. The van der Waals surface area contributed by atoms with Gasteiger partial charge in [0, 0.05) is 43.2 Å². The summed E-state index contributed by atoms with van der Waals surface area (Å²) >= 11 is 1.68. The quantitative estimate of drug-likeness (QED) is 0.443. The number of hydrogen-bond donors (Lipinski definition) is 2. The van der Waals surface area contributed by atoms with Crippen LogP contribution in [0.15, 0.2) is 71.0 Å². The molecule has 0 spiro atoms. The summed E-state index contributed by atoms with van der Waals surface area (Å²) in [4.78, 5) is 11.8. The fourth-order valence-electron chi connectivity index (χ4n) is 4.07. The molecule has 0 amide bonds. The maximum atomic E-state index is 4.76. The fraction of sp³-hybridized carbons (Fsp3) is 0.360. The molecule has 5 nitrogen and oxygen atoms in total. The topological polar surface area (TPSA) is 52.6 Å². The third kappa shape index (κ3) is 5.93. The first-order valence-corrected chi connectivity index (χ1v) is 11.8. The van der Waals surface area contributed by atoms with Crippen molar-refractivity contribution in [2.24, 2.45) is 4.99 Å². The molecular weight excluding hydrogens is 402 g/mol. The molecule has 1 aromatic heterocycles. The average Bonchev–Trinajstić information content (AvgIpc) is 3.29. The lowest BCUT2D eigenvalue weighted by Crippen LogP contribution is -2.51. The molecule has 2 unspecified atom stereocenters. The van der Waals surface area contributed by atoms with Gasteiger partial charge < -0.3 is 10.6 Å². The van der Waals surface area contributed by atoms with Crippen LogP contribution in [0.3, 0.4) is 0 Å². The highest BCUT2D eigenvalue weighted by atomic mass is 32.1. The molecule has 0 bridgehead atoms. The number of nitrogens with one attached hydrogen (secondary N) is 2. The van der Waals surface area contributed by atoms with Crippen molar-refractivity contribution >= 4 is 17.3 Å². The fourth-order valence-corrected chi connectivity index (χ4v) is 4.89. The molecule has 1 aliphatic rings. The summed E-state index contributed by atoms with van der Waals surface area (Å²) in [5, 5.41) is 10.2. The van der Waals surface area contributed by atoms with E-state index in [9.17, 15) is 0 Å². The lowest BCUT2D eigenvalue weighted by atomic mass is 9.97. The first-order valence-electron chi connectivity index (χ1n) is 11.0. The van der Waals surface area contributed by atoms with Gasteiger partial charge in [0.15, 0.2) is 5.96 Å². The largest absolute Gasteiger partial charge is 0.354 e. The van der Waals surface area contributed by atoms with Crippen LogP contribution in [0.2, 0.25) is 0 Å². The van der Waals surface area contributed by atoms with Gasteiger partial charge in [0.2, 0.25) is 0 Å². The Morgan fingerprint density at radius 3 is 2.58 bits per heavy atom. The Bertz CT molecular complexity index is 970. The molecule has 2 heterocycles. The van der Waals surface area contributed by atoms with Crippen molar-refractivity contribution in [2.45, 2.75) is 44.9 Å². The molecule has 2 atom stereocenters. The molecule has 2 aromatic carbocycles. The van der Waals surface area contributed by atoms with Crippen molar-refractivity contribution in [3.63, 3.8) is 0 Å². The van der Waals surface area contributed by atoms with Gasteiger partial charge in [0.25, 0.3) is 0 Å². The van der Waals surface area contributed by atoms with E-state index in [1.165, 1.54) is 5.56 Å². The van der Waals surface area contributed by atoms with Gasteiger partial charge in [0.1, 0.15) is 5.01 Å². The minimum Gasteiger partial charge on any atom is -0.354 e. The number of piperidine rings is 1. The van der Waals surface area contributed by atoms with Crippen molar-refractivity contribution < 1.29 is 0 Å². The molecule has 0 aliphatic carbocycles. The summed E-state index contributed by atoms with van der Waals surface area (Å²) in [7, 11) is 1.83. The van der Waals surface area contributed by atoms with Crippen LogP contribution < -0.4 is 10.6 Å². The van der Waals surface area contributed by atoms with Crippen molar-refractivity contribution in [2.75, 3.05) is 13.6 Å². The number of aromatic nitrogens is 1. The minimum absolute atomic E-state index is 0.434.